The SMILES string of the molecule is CCOP(OC)OCn1c(C(=O)c2ccccc2)c(CC)c(=O)[nH]c1=O. The minimum atomic E-state index is -1.67. The fourth-order valence-electron chi connectivity index (χ4n) is 2.40. The summed E-state index contributed by atoms with van der Waals surface area (Å²) in [6.45, 7) is 3.61. The third-order valence-corrected chi connectivity index (χ3v) is 4.67. The maximum Gasteiger partial charge on any atom is 0.334 e. The van der Waals surface area contributed by atoms with Crippen molar-refractivity contribution < 1.29 is 18.4 Å². The van der Waals surface area contributed by atoms with Crippen LogP contribution in [0.2, 0.25) is 0 Å². The lowest BCUT2D eigenvalue weighted by Crippen LogP contribution is -2.37. The summed E-state index contributed by atoms with van der Waals surface area (Å²) in [5, 5.41) is 0. The Hall–Kier alpha value is -2.12. The van der Waals surface area contributed by atoms with Crippen LogP contribution in [0.5, 0.6) is 0 Å². The lowest BCUT2D eigenvalue weighted by Gasteiger charge is -2.17. The first-order valence-corrected chi connectivity index (χ1v) is 9.18. The standard InChI is InChI=1S/C17H21N2O6P/c1-4-13-14(15(20)12-9-7-6-8-10-12)19(17(22)18-16(13)21)11-25-26(23-3)24-5-2/h6-10H,4-5,11H2,1-3H3,(H,18,21,22). The summed E-state index contributed by atoms with van der Waals surface area (Å²) < 4.78 is 16.9. The Balaban J connectivity index is 2.51. The van der Waals surface area contributed by atoms with Crippen LogP contribution >= 0.6 is 8.60 Å². The molecule has 0 aliphatic heterocycles. The molecule has 2 rings (SSSR count). The van der Waals surface area contributed by atoms with E-state index < -0.39 is 25.6 Å². The van der Waals surface area contributed by atoms with Crippen molar-refractivity contribution in [3.8, 4) is 0 Å². The average Bonchev–Trinajstić information content (AvgIpc) is 2.65. The number of rotatable bonds is 9. The van der Waals surface area contributed by atoms with E-state index in [-0.39, 0.29) is 24.4 Å². The predicted molar refractivity (Wildman–Crippen MR) is 97.2 cm³/mol. The van der Waals surface area contributed by atoms with Crippen LogP contribution in [-0.4, -0.2) is 29.1 Å². The monoisotopic (exact) mass is 380 g/mol. The van der Waals surface area contributed by atoms with Crippen LogP contribution in [0.3, 0.4) is 0 Å². The van der Waals surface area contributed by atoms with Crippen molar-refractivity contribution in [3.05, 3.63) is 68.0 Å². The average molecular weight is 380 g/mol. The molecule has 0 bridgehead atoms. The minimum Gasteiger partial charge on any atom is -0.316 e. The van der Waals surface area contributed by atoms with Crippen LogP contribution in [0.4, 0.5) is 0 Å². The smallest absolute Gasteiger partial charge is 0.316 e. The molecule has 8 nitrogen and oxygen atoms in total. The van der Waals surface area contributed by atoms with Crippen LogP contribution < -0.4 is 11.2 Å². The van der Waals surface area contributed by atoms with Gasteiger partial charge in [-0.25, -0.2) is 4.79 Å². The lowest BCUT2D eigenvalue weighted by atomic mass is 10.0. The van der Waals surface area contributed by atoms with Gasteiger partial charge in [0.15, 0.2) is 0 Å². The number of ketones is 1. The molecule has 140 valence electrons. The Morgan fingerprint density at radius 3 is 2.42 bits per heavy atom. The van der Waals surface area contributed by atoms with Gasteiger partial charge in [-0.05, 0) is 13.3 Å². The van der Waals surface area contributed by atoms with Crippen molar-refractivity contribution in [2.45, 2.75) is 27.0 Å². The molecule has 9 heteroatoms. The summed E-state index contributed by atoms with van der Waals surface area (Å²) in [5.41, 5.74) is -0.698. The molecular weight excluding hydrogens is 359 g/mol. The molecular formula is C17H21N2O6P. The van der Waals surface area contributed by atoms with Gasteiger partial charge in [-0.3, -0.25) is 23.7 Å². The number of aromatic nitrogens is 2. The number of H-pyrrole nitrogens is 1. The van der Waals surface area contributed by atoms with Crippen molar-refractivity contribution >= 4 is 14.4 Å². The first-order chi connectivity index (χ1) is 12.5. The van der Waals surface area contributed by atoms with E-state index in [1.807, 2.05) is 0 Å². The maximum atomic E-state index is 13.0. The molecule has 1 aromatic heterocycles. The summed E-state index contributed by atoms with van der Waals surface area (Å²) >= 11 is 0. The Morgan fingerprint density at radius 1 is 1.15 bits per heavy atom. The Kier molecular flexibility index (Phi) is 7.41. The van der Waals surface area contributed by atoms with Crippen molar-refractivity contribution in [2.75, 3.05) is 13.7 Å². The number of nitrogens with one attached hydrogen (secondary N) is 1. The highest BCUT2D eigenvalue weighted by atomic mass is 31.2. The fraction of sp³-hybridized carbons (Fsp3) is 0.353. The number of hydrogen-bond acceptors (Lipinski definition) is 6. The Morgan fingerprint density at radius 2 is 1.85 bits per heavy atom. The molecule has 0 aliphatic rings. The second kappa shape index (κ2) is 9.54. The van der Waals surface area contributed by atoms with Crippen LogP contribution in [0.15, 0.2) is 39.9 Å². The van der Waals surface area contributed by atoms with Gasteiger partial charge >= 0.3 is 14.3 Å². The second-order valence-corrected chi connectivity index (χ2v) is 6.47. The number of carbonyl (C=O) groups is 1. The zero-order valence-corrected chi connectivity index (χ0v) is 15.7. The molecule has 0 saturated carbocycles. The van der Waals surface area contributed by atoms with E-state index in [1.54, 1.807) is 44.2 Å². The molecule has 0 aliphatic carbocycles. The highest BCUT2D eigenvalue weighted by Gasteiger charge is 2.22. The highest BCUT2D eigenvalue weighted by molar-refractivity contribution is 7.41. The minimum absolute atomic E-state index is 0.00926. The quantitative estimate of drug-likeness (QED) is 0.529. The van der Waals surface area contributed by atoms with Crippen molar-refractivity contribution in [1.29, 1.82) is 0 Å². The van der Waals surface area contributed by atoms with Gasteiger partial charge in [0.05, 0.1) is 6.61 Å². The highest BCUT2D eigenvalue weighted by Crippen LogP contribution is 2.38. The fourth-order valence-corrected chi connectivity index (χ4v) is 3.11. The van der Waals surface area contributed by atoms with E-state index in [0.717, 1.165) is 4.57 Å². The number of nitrogens with zero attached hydrogens (tertiary/aromatic N) is 1. The van der Waals surface area contributed by atoms with Crippen LogP contribution in [0, 0.1) is 0 Å². The predicted octanol–water partition coefficient (Wildman–Crippen LogP) is 2.21. The van der Waals surface area contributed by atoms with Gasteiger partial charge in [-0.15, -0.1) is 0 Å². The van der Waals surface area contributed by atoms with E-state index in [2.05, 4.69) is 4.98 Å². The van der Waals surface area contributed by atoms with E-state index in [4.69, 9.17) is 13.6 Å². The van der Waals surface area contributed by atoms with Gasteiger partial charge in [-0.1, -0.05) is 37.3 Å². The molecule has 26 heavy (non-hydrogen) atoms. The molecule has 1 heterocycles. The topological polar surface area (TPSA) is 99.6 Å². The Bertz CT molecular complexity index is 862. The molecule has 1 atom stereocenters. The molecule has 0 radical (unpaired) electrons. The van der Waals surface area contributed by atoms with E-state index >= 15 is 0 Å². The van der Waals surface area contributed by atoms with Crippen LogP contribution in [0.1, 0.15) is 35.5 Å². The number of carbonyl (C=O) groups excluding carboxylic acids is 1. The molecule has 0 saturated heterocycles. The summed E-state index contributed by atoms with van der Waals surface area (Å²) in [6.07, 6.45) is 0.286. The number of hydrogen-bond donors (Lipinski definition) is 1. The zero-order valence-electron chi connectivity index (χ0n) is 14.9. The number of aromatic amines is 1. The van der Waals surface area contributed by atoms with E-state index in [1.165, 1.54) is 7.11 Å². The molecule has 1 N–H and O–H groups in total. The molecule has 0 spiro atoms. The third-order valence-electron chi connectivity index (χ3n) is 3.58. The Labute approximate surface area is 151 Å². The summed E-state index contributed by atoms with van der Waals surface area (Å²) in [7, 11) is -0.244. The molecule has 0 amide bonds. The van der Waals surface area contributed by atoms with E-state index in [0.29, 0.717) is 12.2 Å². The largest absolute Gasteiger partial charge is 0.334 e. The summed E-state index contributed by atoms with van der Waals surface area (Å²) in [5.74, 6) is -0.424. The van der Waals surface area contributed by atoms with Crippen molar-refractivity contribution in [1.82, 2.24) is 9.55 Å². The maximum absolute atomic E-state index is 13.0. The van der Waals surface area contributed by atoms with Crippen LogP contribution in [0.25, 0.3) is 0 Å². The van der Waals surface area contributed by atoms with E-state index in [9.17, 15) is 14.4 Å². The van der Waals surface area contributed by atoms with Gasteiger partial charge in [0.25, 0.3) is 5.56 Å². The normalized spacial score (nSPS) is 12.1. The van der Waals surface area contributed by atoms with Gasteiger partial charge in [0.1, 0.15) is 12.4 Å². The zero-order chi connectivity index (χ0) is 19.1. The van der Waals surface area contributed by atoms with Gasteiger partial charge < -0.3 is 9.05 Å². The van der Waals surface area contributed by atoms with Crippen molar-refractivity contribution in [2.24, 2.45) is 0 Å². The molecule has 0 fully saturated rings. The van der Waals surface area contributed by atoms with Crippen LogP contribution in [-0.2, 0) is 26.7 Å². The molecule has 1 aromatic carbocycles. The van der Waals surface area contributed by atoms with Gasteiger partial charge in [0, 0.05) is 18.2 Å². The first-order valence-electron chi connectivity index (χ1n) is 8.09. The third kappa shape index (κ3) is 4.53. The van der Waals surface area contributed by atoms with Gasteiger partial charge in [-0.2, -0.15) is 0 Å². The van der Waals surface area contributed by atoms with Gasteiger partial charge in [0.2, 0.25) is 5.78 Å². The second-order valence-electron chi connectivity index (χ2n) is 5.15. The molecule has 1 unspecified atom stereocenters. The van der Waals surface area contributed by atoms with Crippen molar-refractivity contribution in [3.63, 3.8) is 0 Å². The lowest BCUT2D eigenvalue weighted by molar-refractivity contribution is 0.100. The number of benzene rings is 1. The molecule has 2 aromatic rings. The first kappa shape index (κ1) is 20.2. The summed E-state index contributed by atoms with van der Waals surface area (Å²) in [4.78, 5) is 39.7. The summed E-state index contributed by atoms with van der Waals surface area (Å²) in [6, 6.07) is 8.45.